The highest BCUT2D eigenvalue weighted by molar-refractivity contribution is 8.02. The van der Waals surface area contributed by atoms with Gasteiger partial charge in [-0.15, -0.1) is 11.8 Å². The van der Waals surface area contributed by atoms with Crippen molar-refractivity contribution < 1.29 is 14.0 Å². The number of fused-ring (bicyclic) bond motifs is 1. The Morgan fingerprint density at radius 1 is 1.03 bits per heavy atom. The molecule has 1 aliphatic carbocycles. The van der Waals surface area contributed by atoms with Crippen molar-refractivity contribution in [1.29, 1.82) is 0 Å². The Morgan fingerprint density at radius 2 is 1.70 bits per heavy atom. The molecule has 1 saturated carbocycles. The fraction of sp³-hybridized carbons (Fsp3) is 0.267. The Kier molecular flexibility index (Phi) is 6.03. The zero-order valence-corrected chi connectivity index (χ0v) is 21.4. The first-order valence-electron chi connectivity index (χ1n) is 12.7. The van der Waals surface area contributed by atoms with Crippen LogP contribution < -0.4 is 5.43 Å². The smallest absolute Gasteiger partial charge is 0.286 e. The molecule has 3 aromatic carbocycles. The third kappa shape index (κ3) is 4.21. The van der Waals surface area contributed by atoms with Gasteiger partial charge in [-0.2, -0.15) is 0 Å². The standard InChI is InChI=1S/C30H28FN3O2S/c1-19-29(36)34(30(37-19)16-14-21(15-17-30)20-8-4-2-5-9-20)33-28(35)27-26(22-10-6-3-7-11-22)24-18-23(31)12-13-25(24)32-27/h2-13,18-19,21,32H,14-17H2,1H3,(H,33,35). The number of H-pyrrole nitrogens is 1. The number of thioether (sulfide) groups is 1. The summed E-state index contributed by atoms with van der Waals surface area (Å²) in [5.41, 5.74) is 6.72. The van der Waals surface area contributed by atoms with Gasteiger partial charge in [0.1, 0.15) is 16.4 Å². The van der Waals surface area contributed by atoms with E-state index in [0.29, 0.717) is 28.1 Å². The number of hydrogen-bond acceptors (Lipinski definition) is 3. The summed E-state index contributed by atoms with van der Waals surface area (Å²) in [6.45, 7) is 1.91. The van der Waals surface area contributed by atoms with Crippen LogP contribution in [-0.4, -0.2) is 31.9 Å². The molecule has 2 heterocycles. The van der Waals surface area contributed by atoms with Crippen LogP contribution in [0.3, 0.4) is 0 Å². The van der Waals surface area contributed by atoms with Crippen LogP contribution in [0.2, 0.25) is 0 Å². The molecule has 5 nitrogen and oxygen atoms in total. The summed E-state index contributed by atoms with van der Waals surface area (Å²) in [7, 11) is 0. The van der Waals surface area contributed by atoms with Crippen LogP contribution in [0.25, 0.3) is 22.0 Å². The predicted octanol–water partition coefficient (Wildman–Crippen LogP) is 6.64. The average molecular weight is 514 g/mol. The summed E-state index contributed by atoms with van der Waals surface area (Å²) < 4.78 is 14.2. The number of carbonyl (C=O) groups is 2. The number of hydrogen-bond donors (Lipinski definition) is 2. The average Bonchev–Trinajstić information content (AvgIpc) is 3.41. The first kappa shape index (κ1) is 23.8. The molecule has 1 aliphatic heterocycles. The lowest BCUT2D eigenvalue weighted by atomic mass is 9.81. The van der Waals surface area contributed by atoms with Crippen molar-refractivity contribution in [1.82, 2.24) is 15.4 Å². The number of hydrazine groups is 1. The van der Waals surface area contributed by atoms with Gasteiger partial charge in [0.2, 0.25) is 0 Å². The zero-order chi connectivity index (χ0) is 25.6. The van der Waals surface area contributed by atoms with E-state index < -0.39 is 10.8 Å². The highest BCUT2D eigenvalue weighted by Crippen LogP contribution is 2.52. The maximum Gasteiger partial charge on any atom is 0.286 e. The van der Waals surface area contributed by atoms with Crippen LogP contribution in [0.4, 0.5) is 4.39 Å². The minimum atomic E-state index is -0.470. The number of rotatable bonds is 4. The van der Waals surface area contributed by atoms with Crippen LogP contribution in [0.15, 0.2) is 78.9 Å². The van der Waals surface area contributed by atoms with Crippen molar-refractivity contribution in [2.45, 2.75) is 48.6 Å². The minimum absolute atomic E-state index is 0.0834. The number of nitrogens with one attached hydrogen (secondary N) is 2. The van der Waals surface area contributed by atoms with Gasteiger partial charge >= 0.3 is 0 Å². The Labute approximate surface area is 219 Å². The molecule has 2 aliphatic rings. The van der Waals surface area contributed by atoms with Gasteiger partial charge in [0.25, 0.3) is 11.8 Å². The summed E-state index contributed by atoms with van der Waals surface area (Å²) in [6.07, 6.45) is 3.50. The van der Waals surface area contributed by atoms with Crippen LogP contribution >= 0.6 is 11.8 Å². The maximum absolute atomic E-state index is 14.2. The fourth-order valence-corrected chi connectivity index (χ4v) is 7.41. The largest absolute Gasteiger partial charge is 0.350 e. The quantitative estimate of drug-likeness (QED) is 0.322. The van der Waals surface area contributed by atoms with Gasteiger partial charge in [-0.1, -0.05) is 60.7 Å². The van der Waals surface area contributed by atoms with Gasteiger partial charge in [-0.25, -0.2) is 9.40 Å². The molecule has 188 valence electrons. The van der Waals surface area contributed by atoms with Crippen LogP contribution in [-0.2, 0) is 4.79 Å². The Balaban J connectivity index is 1.32. The van der Waals surface area contributed by atoms with Crippen LogP contribution in [0.1, 0.15) is 54.6 Å². The van der Waals surface area contributed by atoms with E-state index in [1.165, 1.54) is 17.7 Å². The molecule has 1 saturated heterocycles. The highest BCUT2D eigenvalue weighted by Gasteiger charge is 2.52. The van der Waals surface area contributed by atoms with Crippen molar-refractivity contribution in [3.05, 3.63) is 95.9 Å². The molecule has 6 rings (SSSR count). The molecule has 1 aromatic heterocycles. The number of aromatic nitrogens is 1. The molecular formula is C30H28FN3O2S. The molecule has 37 heavy (non-hydrogen) atoms. The van der Waals surface area contributed by atoms with E-state index in [1.807, 2.05) is 43.3 Å². The van der Waals surface area contributed by atoms with Gasteiger partial charge in [-0.3, -0.25) is 15.0 Å². The number of carbonyl (C=O) groups excluding carboxylic acids is 2. The van der Waals surface area contributed by atoms with E-state index in [0.717, 1.165) is 31.2 Å². The van der Waals surface area contributed by atoms with E-state index in [1.54, 1.807) is 22.8 Å². The summed E-state index contributed by atoms with van der Waals surface area (Å²) in [5.74, 6) is -0.406. The van der Waals surface area contributed by atoms with Gasteiger partial charge in [-0.05, 0) is 67.9 Å². The monoisotopic (exact) mass is 513 g/mol. The molecule has 1 spiro atoms. The van der Waals surface area contributed by atoms with Gasteiger partial charge in [0.15, 0.2) is 0 Å². The van der Waals surface area contributed by atoms with Crippen molar-refractivity contribution in [2.24, 2.45) is 0 Å². The summed E-state index contributed by atoms with van der Waals surface area (Å²) in [5, 5.41) is 1.98. The number of halogens is 1. The van der Waals surface area contributed by atoms with E-state index in [-0.39, 0.29) is 17.0 Å². The second-order valence-electron chi connectivity index (χ2n) is 9.94. The van der Waals surface area contributed by atoms with E-state index in [4.69, 9.17) is 0 Å². The normalized spacial score (nSPS) is 23.6. The first-order valence-corrected chi connectivity index (χ1v) is 13.6. The third-order valence-corrected chi connectivity index (χ3v) is 9.26. The molecule has 2 amide bonds. The van der Waals surface area contributed by atoms with Crippen molar-refractivity contribution in [2.75, 3.05) is 0 Å². The Morgan fingerprint density at radius 3 is 2.41 bits per heavy atom. The van der Waals surface area contributed by atoms with Crippen molar-refractivity contribution >= 4 is 34.5 Å². The summed E-state index contributed by atoms with van der Waals surface area (Å²) in [6, 6.07) is 24.4. The van der Waals surface area contributed by atoms with Crippen molar-refractivity contribution in [3.8, 4) is 11.1 Å². The van der Waals surface area contributed by atoms with E-state index in [9.17, 15) is 14.0 Å². The molecular weight excluding hydrogens is 485 g/mol. The van der Waals surface area contributed by atoms with Gasteiger partial charge < -0.3 is 4.98 Å². The maximum atomic E-state index is 14.2. The van der Waals surface area contributed by atoms with E-state index in [2.05, 4.69) is 34.7 Å². The lowest BCUT2D eigenvalue weighted by molar-refractivity contribution is -0.135. The van der Waals surface area contributed by atoms with Crippen LogP contribution in [0.5, 0.6) is 0 Å². The second-order valence-corrected chi connectivity index (χ2v) is 11.6. The minimum Gasteiger partial charge on any atom is -0.350 e. The Hall–Kier alpha value is -3.58. The number of aromatic amines is 1. The Bertz CT molecular complexity index is 1460. The second kappa shape index (κ2) is 9.38. The summed E-state index contributed by atoms with van der Waals surface area (Å²) >= 11 is 1.65. The van der Waals surface area contributed by atoms with E-state index >= 15 is 0 Å². The molecule has 2 fully saturated rings. The lowest BCUT2D eigenvalue weighted by Gasteiger charge is -2.42. The fourth-order valence-electron chi connectivity index (χ4n) is 5.84. The van der Waals surface area contributed by atoms with Gasteiger partial charge in [0, 0.05) is 16.5 Å². The third-order valence-electron chi connectivity index (χ3n) is 7.67. The first-order chi connectivity index (χ1) is 17.9. The van der Waals surface area contributed by atoms with Gasteiger partial charge in [0.05, 0.1) is 5.25 Å². The SMILES string of the molecule is CC1SC2(CCC(c3ccccc3)CC2)N(NC(=O)c2[nH]c3ccc(F)cc3c2-c2ccccc2)C1=O. The molecule has 2 N–H and O–H groups in total. The van der Waals surface area contributed by atoms with Crippen LogP contribution in [0, 0.1) is 5.82 Å². The number of benzene rings is 3. The zero-order valence-electron chi connectivity index (χ0n) is 20.5. The summed E-state index contributed by atoms with van der Waals surface area (Å²) in [4.78, 5) is 29.8. The lowest BCUT2D eigenvalue weighted by Crippen LogP contribution is -2.56. The topological polar surface area (TPSA) is 65.2 Å². The molecule has 0 radical (unpaired) electrons. The van der Waals surface area contributed by atoms with Crippen molar-refractivity contribution in [3.63, 3.8) is 0 Å². The molecule has 4 aromatic rings. The highest BCUT2D eigenvalue weighted by atomic mass is 32.2. The molecule has 1 unspecified atom stereocenters. The molecule has 1 atom stereocenters. The predicted molar refractivity (Wildman–Crippen MR) is 145 cm³/mol. The number of nitrogens with zero attached hydrogens (tertiary/aromatic N) is 1. The molecule has 7 heteroatoms. The molecule has 0 bridgehead atoms. The number of amides is 2.